The van der Waals surface area contributed by atoms with Gasteiger partial charge in [-0.2, -0.15) is 11.8 Å². The van der Waals surface area contributed by atoms with Crippen LogP contribution in [-0.4, -0.2) is 21.7 Å². The van der Waals surface area contributed by atoms with Gasteiger partial charge in [-0.1, -0.05) is 19.8 Å². The van der Waals surface area contributed by atoms with Gasteiger partial charge in [-0.3, -0.25) is 0 Å². The van der Waals surface area contributed by atoms with E-state index in [1.54, 1.807) is 0 Å². The molecular formula is C9H16OS. The molecule has 1 aliphatic heterocycles. The van der Waals surface area contributed by atoms with Crippen molar-refractivity contribution in [1.82, 2.24) is 0 Å². The molecule has 2 aliphatic rings. The lowest BCUT2D eigenvalue weighted by Crippen LogP contribution is -2.29. The molecule has 2 fully saturated rings. The third-order valence-corrected chi connectivity index (χ3v) is 4.11. The Balaban J connectivity index is 1.87. The van der Waals surface area contributed by atoms with Crippen LogP contribution >= 0.6 is 11.8 Å². The number of thioether (sulfide) groups is 1. The molecule has 1 N–H and O–H groups in total. The molecule has 2 atom stereocenters. The molecule has 2 heteroatoms. The lowest BCUT2D eigenvalue weighted by Gasteiger charge is -2.20. The highest BCUT2D eigenvalue weighted by molar-refractivity contribution is 8.00. The molecule has 0 aromatic rings. The van der Waals surface area contributed by atoms with Gasteiger partial charge in [-0.15, -0.1) is 0 Å². The van der Waals surface area contributed by atoms with Gasteiger partial charge in [-0.05, 0) is 18.8 Å². The Morgan fingerprint density at radius 1 is 1.55 bits per heavy atom. The minimum absolute atomic E-state index is 0.286. The van der Waals surface area contributed by atoms with Crippen molar-refractivity contribution < 1.29 is 5.11 Å². The first-order chi connectivity index (χ1) is 5.18. The second-order valence-electron chi connectivity index (χ2n) is 4.20. The van der Waals surface area contributed by atoms with Crippen molar-refractivity contribution in [2.45, 2.75) is 43.5 Å². The molecular weight excluding hydrogens is 156 g/mol. The lowest BCUT2D eigenvalue weighted by atomic mass is 9.94. The highest BCUT2D eigenvalue weighted by Crippen LogP contribution is 2.44. The zero-order chi connectivity index (χ0) is 7.90. The first-order valence-electron chi connectivity index (χ1n) is 4.52. The van der Waals surface area contributed by atoms with Crippen LogP contribution in [0.1, 0.15) is 32.6 Å². The van der Waals surface area contributed by atoms with Gasteiger partial charge in [0.2, 0.25) is 0 Å². The van der Waals surface area contributed by atoms with Crippen molar-refractivity contribution in [3.8, 4) is 0 Å². The SMILES string of the molecule is CC1CC(O)(CC2CC2)CS1. The first-order valence-corrected chi connectivity index (χ1v) is 5.57. The van der Waals surface area contributed by atoms with Gasteiger partial charge in [0.05, 0.1) is 5.60 Å². The van der Waals surface area contributed by atoms with E-state index in [4.69, 9.17) is 0 Å². The van der Waals surface area contributed by atoms with Gasteiger partial charge in [0.25, 0.3) is 0 Å². The topological polar surface area (TPSA) is 20.2 Å². The maximum atomic E-state index is 10.1. The van der Waals surface area contributed by atoms with Crippen LogP contribution in [-0.2, 0) is 0 Å². The van der Waals surface area contributed by atoms with E-state index in [0.29, 0.717) is 5.25 Å². The molecule has 1 heterocycles. The fraction of sp³-hybridized carbons (Fsp3) is 1.00. The first kappa shape index (κ1) is 7.93. The number of aliphatic hydroxyl groups is 1. The monoisotopic (exact) mass is 172 g/mol. The second kappa shape index (κ2) is 2.67. The van der Waals surface area contributed by atoms with E-state index < -0.39 is 0 Å². The van der Waals surface area contributed by atoms with E-state index >= 15 is 0 Å². The fourth-order valence-corrected chi connectivity index (χ4v) is 3.21. The summed E-state index contributed by atoms with van der Waals surface area (Å²) in [5.74, 6) is 1.84. The summed E-state index contributed by atoms with van der Waals surface area (Å²) in [5.41, 5.74) is -0.286. The van der Waals surface area contributed by atoms with Crippen LogP contribution in [0.3, 0.4) is 0 Å². The van der Waals surface area contributed by atoms with Crippen LogP contribution in [0.15, 0.2) is 0 Å². The van der Waals surface area contributed by atoms with Gasteiger partial charge in [0, 0.05) is 11.0 Å². The van der Waals surface area contributed by atoms with Crippen molar-refractivity contribution in [1.29, 1.82) is 0 Å². The summed E-state index contributed by atoms with van der Waals surface area (Å²) in [6, 6.07) is 0. The molecule has 0 amide bonds. The standard InChI is InChI=1S/C9H16OS/c1-7-4-9(10,6-11-7)5-8-2-3-8/h7-8,10H,2-6H2,1H3. The van der Waals surface area contributed by atoms with E-state index in [2.05, 4.69) is 6.92 Å². The molecule has 2 rings (SSSR count). The largest absolute Gasteiger partial charge is 0.389 e. The third-order valence-electron chi connectivity index (χ3n) is 2.67. The number of rotatable bonds is 2. The molecule has 0 aromatic carbocycles. The zero-order valence-corrected chi connectivity index (χ0v) is 7.86. The Kier molecular flexibility index (Phi) is 1.92. The predicted octanol–water partition coefficient (Wildman–Crippen LogP) is 2.04. The summed E-state index contributed by atoms with van der Waals surface area (Å²) >= 11 is 1.92. The second-order valence-corrected chi connectivity index (χ2v) is 5.62. The zero-order valence-electron chi connectivity index (χ0n) is 7.05. The van der Waals surface area contributed by atoms with Crippen LogP contribution in [0.4, 0.5) is 0 Å². The summed E-state index contributed by atoms with van der Waals surface area (Å²) in [4.78, 5) is 0. The van der Waals surface area contributed by atoms with Crippen molar-refractivity contribution in [2.24, 2.45) is 5.92 Å². The van der Waals surface area contributed by atoms with E-state index in [9.17, 15) is 5.11 Å². The number of hydrogen-bond acceptors (Lipinski definition) is 2. The van der Waals surface area contributed by atoms with E-state index in [-0.39, 0.29) is 5.60 Å². The maximum Gasteiger partial charge on any atom is 0.0750 e. The average Bonchev–Trinajstić information content (AvgIpc) is 2.62. The minimum atomic E-state index is -0.286. The quantitative estimate of drug-likeness (QED) is 0.688. The van der Waals surface area contributed by atoms with Gasteiger partial charge < -0.3 is 5.11 Å². The summed E-state index contributed by atoms with van der Waals surface area (Å²) in [7, 11) is 0. The fourth-order valence-electron chi connectivity index (χ4n) is 1.95. The van der Waals surface area contributed by atoms with Crippen LogP contribution in [0.5, 0.6) is 0 Å². The number of hydrogen-bond donors (Lipinski definition) is 1. The Morgan fingerprint density at radius 2 is 2.27 bits per heavy atom. The van der Waals surface area contributed by atoms with E-state index in [1.807, 2.05) is 11.8 Å². The third kappa shape index (κ3) is 1.91. The summed E-state index contributed by atoms with van der Waals surface area (Å²) in [6.07, 6.45) is 4.82. The molecule has 64 valence electrons. The normalized spacial score (nSPS) is 44.7. The van der Waals surface area contributed by atoms with Crippen LogP contribution in [0, 0.1) is 5.92 Å². The lowest BCUT2D eigenvalue weighted by molar-refractivity contribution is 0.0490. The molecule has 11 heavy (non-hydrogen) atoms. The Morgan fingerprint density at radius 3 is 2.73 bits per heavy atom. The van der Waals surface area contributed by atoms with Gasteiger partial charge in [0.15, 0.2) is 0 Å². The minimum Gasteiger partial charge on any atom is -0.389 e. The van der Waals surface area contributed by atoms with Crippen molar-refractivity contribution >= 4 is 11.8 Å². The van der Waals surface area contributed by atoms with Crippen molar-refractivity contribution in [3.63, 3.8) is 0 Å². The molecule has 1 saturated carbocycles. The molecule has 1 aliphatic carbocycles. The Hall–Kier alpha value is 0.310. The van der Waals surface area contributed by atoms with Crippen molar-refractivity contribution in [2.75, 3.05) is 5.75 Å². The average molecular weight is 172 g/mol. The molecule has 0 bridgehead atoms. The predicted molar refractivity (Wildman–Crippen MR) is 48.8 cm³/mol. The molecule has 2 unspecified atom stereocenters. The van der Waals surface area contributed by atoms with E-state index in [0.717, 1.165) is 24.5 Å². The van der Waals surface area contributed by atoms with Crippen molar-refractivity contribution in [3.05, 3.63) is 0 Å². The van der Waals surface area contributed by atoms with Crippen LogP contribution in [0.25, 0.3) is 0 Å². The van der Waals surface area contributed by atoms with Crippen LogP contribution in [0.2, 0.25) is 0 Å². The Bertz CT molecular complexity index is 156. The molecule has 1 nitrogen and oxygen atoms in total. The molecule has 0 spiro atoms. The highest BCUT2D eigenvalue weighted by Gasteiger charge is 2.40. The molecule has 0 radical (unpaired) electrons. The summed E-state index contributed by atoms with van der Waals surface area (Å²) < 4.78 is 0. The van der Waals surface area contributed by atoms with E-state index in [1.165, 1.54) is 12.8 Å². The maximum absolute atomic E-state index is 10.1. The van der Waals surface area contributed by atoms with Gasteiger partial charge in [0.1, 0.15) is 0 Å². The summed E-state index contributed by atoms with van der Waals surface area (Å²) in [6.45, 7) is 2.22. The van der Waals surface area contributed by atoms with Gasteiger partial charge in [-0.25, -0.2) is 0 Å². The Labute approximate surface area is 72.6 Å². The smallest absolute Gasteiger partial charge is 0.0750 e. The van der Waals surface area contributed by atoms with Crippen LogP contribution < -0.4 is 0 Å². The van der Waals surface area contributed by atoms with Gasteiger partial charge >= 0.3 is 0 Å². The molecule has 0 aromatic heterocycles. The molecule has 1 saturated heterocycles. The highest BCUT2D eigenvalue weighted by atomic mass is 32.2. The summed E-state index contributed by atoms with van der Waals surface area (Å²) in [5, 5.41) is 10.7.